The molecule has 3 N–H and O–H groups in total. The van der Waals surface area contributed by atoms with Crippen LogP contribution >= 0.6 is 28.1 Å². The summed E-state index contributed by atoms with van der Waals surface area (Å²) >= 11 is 8.35. The van der Waals surface area contributed by atoms with E-state index in [9.17, 15) is 4.79 Å². The van der Waals surface area contributed by atoms with Crippen molar-refractivity contribution >= 4 is 44.8 Å². The Kier molecular flexibility index (Phi) is 6.80. The summed E-state index contributed by atoms with van der Waals surface area (Å²) in [7, 11) is 0. The molecule has 19 heavy (non-hydrogen) atoms. The number of carbonyl (C=O) groups excluding carboxylic acids is 1. The quantitative estimate of drug-likeness (QED) is 0.452. The molecule has 0 heterocycles. The highest BCUT2D eigenvalue weighted by Gasteiger charge is 2.04. The number of benzene rings is 1. The molecule has 0 aliphatic heterocycles. The van der Waals surface area contributed by atoms with Crippen LogP contribution in [0.15, 0.2) is 22.7 Å². The van der Waals surface area contributed by atoms with E-state index >= 15 is 0 Å². The highest BCUT2D eigenvalue weighted by molar-refractivity contribution is 9.10. The third-order valence-corrected chi connectivity index (χ3v) is 3.30. The topological polar surface area (TPSA) is 64.3 Å². The van der Waals surface area contributed by atoms with Crippen molar-refractivity contribution in [2.45, 2.75) is 19.8 Å². The van der Waals surface area contributed by atoms with Crippen LogP contribution in [0.1, 0.15) is 25.3 Å². The number of nitrogens with two attached hydrogens (primary N) is 1. The second-order valence-electron chi connectivity index (χ2n) is 3.89. The van der Waals surface area contributed by atoms with E-state index < -0.39 is 0 Å². The Morgan fingerprint density at radius 1 is 1.53 bits per heavy atom. The minimum Gasteiger partial charge on any atom is -0.466 e. The molecule has 0 fully saturated rings. The molecule has 0 atom stereocenters. The second-order valence-corrected chi connectivity index (χ2v) is 5.19. The zero-order chi connectivity index (χ0) is 14.3. The van der Waals surface area contributed by atoms with Crippen molar-refractivity contribution in [2.24, 2.45) is 5.73 Å². The van der Waals surface area contributed by atoms with E-state index in [-0.39, 0.29) is 5.97 Å². The maximum absolute atomic E-state index is 11.1. The molecule has 1 rings (SSSR count). The molecular formula is C13H17BrN2O2S. The molecule has 0 spiro atoms. The number of ether oxygens (including phenoxy) is 1. The van der Waals surface area contributed by atoms with Gasteiger partial charge in [0.15, 0.2) is 0 Å². The molecule has 1 aromatic carbocycles. The minimum atomic E-state index is -0.158. The number of carbonyl (C=O) groups is 1. The van der Waals surface area contributed by atoms with E-state index in [0.29, 0.717) is 24.6 Å². The summed E-state index contributed by atoms with van der Waals surface area (Å²) in [4.78, 5) is 11.5. The second kappa shape index (κ2) is 8.12. The number of thiocarbonyl (C=S) groups is 1. The molecule has 0 radical (unpaired) electrons. The summed E-state index contributed by atoms with van der Waals surface area (Å²) in [6.07, 6.45) is 1.15. The van der Waals surface area contributed by atoms with Gasteiger partial charge in [-0.3, -0.25) is 4.79 Å². The summed E-state index contributed by atoms with van der Waals surface area (Å²) in [5.41, 5.74) is 7.34. The highest BCUT2D eigenvalue weighted by atomic mass is 79.9. The molecule has 0 aliphatic rings. The first kappa shape index (κ1) is 15.9. The summed E-state index contributed by atoms with van der Waals surface area (Å²) in [5, 5.41) is 3.23. The fourth-order valence-corrected chi connectivity index (χ4v) is 2.43. The molecule has 0 aliphatic carbocycles. The van der Waals surface area contributed by atoms with Gasteiger partial charge in [-0.15, -0.1) is 0 Å². The van der Waals surface area contributed by atoms with Crippen LogP contribution in [0.2, 0.25) is 0 Å². The predicted molar refractivity (Wildman–Crippen MR) is 84.4 cm³/mol. The van der Waals surface area contributed by atoms with Crippen LogP contribution in [0, 0.1) is 0 Å². The average molecular weight is 345 g/mol. The Morgan fingerprint density at radius 2 is 2.26 bits per heavy atom. The van der Waals surface area contributed by atoms with Gasteiger partial charge in [-0.05, 0) is 47.5 Å². The first-order valence-corrected chi connectivity index (χ1v) is 7.23. The Balaban J connectivity index is 2.40. The zero-order valence-corrected chi connectivity index (χ0v) is 13.1. The van der Waals surface area contributed by atoms with Crippen LogP contribution < -0.4 is 11.1 Å². The van der Waals surface area contributed by atoms with Gasteiger partial charge in [0.2, 0.25) is 0 Å². The molecule has 104 valence electrons. The fourth-order valence-electron chi connectivity index (χ4n) is 1.52. The van der Waals surface area contributed by atoms with Gasteiger partial charge in [-0.1, -0.05) is 12.2 Å². The molecular weight excluding hydrogens is 328 g/mol. The van der Waals surface area contributed by atoms with Crippen molar-refractivity contribution < 1.29 is 9.53 Å². The predicted octanol–water partition coefficient (Wildman–Crippen LogP) is 2.84. The maximum Gasteiger partial charge on any atom is 0.305 e. The van der Waals surface area contributed by atoms with Crippen LogP contribution in [0.25, 0.3) is 0 Å². The van der Waals surface area contributed by atoms with Crippen LogP contribution in [-0.2, 0) is 9.53 Å². The molecule has 0 saturated heterocycles. The number of nitrogens with one attached hydrogen (secondary N) is 1. The summed E-state index contributed by atoms with van der Waals surface area (Å²) < 4.78 is 5.71. The van der Waals surface area contributed by atoms with Gasteiger partial charge in [0.1, 0.15) is 4.99 Å². The van der Waals surface area contributed by atoms with Crippen molar-refractivity contribution in [3.63, 3.8) is 0 Å². The lowest BCUT2D eigenvalue weighted by Gasteiger charge is -2.09. The van der Waals surface area contributed by atoms with Crippen molar-refractivity contribution in [1.29, 1.82) is 0 Å². The van der Waals surface area contributed by atoms with Gasteiger partial charge in [0.25, 0.3) is 0 Å². The molecule has 0 aromatic heterocycles. The van der Waals surface area contributed by atoms with Gasteiger partial charge in [0, 0.05) is 28.7 Å². The van der Waals surface area contributed by atoms with E-state index in [0.717, 1.165) is 22.1 Å². The first-order valence-electron chi connectivity index (χ1n) is 6.03. The molecule has 6 heteroatoms. The van der Waals surface area contributed by atoms with Crippen LogP contribution in [0.4, 0.5) is 5.69 Å². The molecule has 0 saturated carbocycles. The van der Waals surface area contributed by atoms with E-state index in [1.165, 1.54) is 0 Å². The molecule has 1 aromatic rings. The van der Waals surface area contributed by atoms with Crippen LogP contribution in [0.5, 0.6) is 0 Å². The summed E-state index contributed by atoms with van der Waals surface area (Å²) in [6, 6.07) is 5.68. The maximum atomic E-state index is 11.1. The average Bonchev–Trinajstić information content (AvgIpc) is 2.34. The van der Waals surface area contributed by atoms with Crippen LogP contribution in [-0.4, -0.2) is 24.1 Å². The van der Waals surface area contributed by atoms with Crippen molar-refractivity contribution in [2.75, 3.05) is 18.5 Å². The van der Waals surface area contributed by atoms with E-state index in [1.54, 1.807) is 6.92 Å². The van der Waals surface area contributed by atoms with Crippen molar-refractivity contribution in [3.8, 4) is 0 Å². The lowest BCUT2D eigenvalue weighted by molar-refractivity contribution is -0.143. The van der Waals surface area contributed by atoms with Crippen molar-refractivity contribution in [3.05, 3.63) is 28.2 Å². The molecule has 0 bridgehead atoms. The zero-order valence-electron chi connectivity index (χ0n) is 10.7. The first-order chi connectivity index (χ1) is 9.04. The third kappa shape index (κ3) is 5.57. The van der Waals surface area contributed by atoms with Crippen molar-refractivity contribution in [1.82, 2.24) is 0 Å². The Labute approximate surface area is 126 Å². The number of halogens is 1. The number of hydrogen-bond acceptors (Lipinski definition) is 4. The molecule has 4 nitrogen and oxygen atoms in total. The lowest BCUT2D eigenvalue weighted by atomic mass is 10.2. The summed E-state index contributed by atoms with van der Waals surface area (Å²) in [5.74, 6) is -0.158. The Morgan fingerprint density at radius 3 is 2.84 bits per heavy atom. The van der Waals surface area contributed by atoms with Gasteiger partial charge < -0.3 is 15.8 Å². The lowest BCUT2D eigenvalue weighted by Crippen LogP contribution is -2.11. The normalized spacial score (nSPS) is 10.0. The smallest absolute Gasteiger partial charge is 0.305 e. The fraction of sp³-hybridized carbons (Fsp3) is 0.385. The SMILES string of the molecule is CCOC(=O)CCCNc1ccc(C(N)=S)c(Br)c1. The molecule has 0 unspecified atom stereocenters. The number of anilines is 1. The third-order valence-electron chi connectivity index (χ3n) is 2.43. The largest absolute Gasteiger partial charge is 0.466 e. The monoisotopic (exact) mass is 344 g/mol. The molecule has 0 amide bonds. The highest BCUT2D eigenvalue weighted by Crippen LogP contribution is 2.21. The van der Waals surface area contributed by atoms with E-state index in [4.69, 9.17) is 22.7 Å². The number of hydrogen-bond donors (Lipinski definition) is 2. The van der Waals surface area contributed by atoms with Gasteiger partial charge in [0.05, 0.1) is 6.61 Å². The Hall–Kier alpha value is -1.14. The number of esters is 1. The van der Waals surface area contributed by atoms with Crippen LogP contribution in [0.3, 0.4) is 0 Å². The van der Waals surface area contributed by atoms with Gasteiger partial charge in [-0.2, -0.15) is 0 Å². The summed E-state index contributed by atoms with van der Waals surface area (Å²) in [6.45, 7) is 2.94. The number of rotatable bonds is 7. The Bertz CT molecular complexity index is 466. The standard InChI is InChI=1S/C13H17BrN2O2S/c1-2-18-12(17)4-3-7-16-9-5-6-10(13(15)19)11(14)8-9/h5-6,8,16H,2-4,7H2,1H3,(H2,15,19). The van der Waals surface area contributed by atoms with Gasteiger partial charge >= 0.3 is 5.97 Å². The minimum absolute atomic E-state index is 0.158. The van der Waals surface area contributed by atoms with E-state index in [2.05, 4.69) is 21.2 Å². The van der Waals surface area contributed by atoms with Gasteiger partial charge in [-0.25, -0.2) is 0 Å². The van der Waals surface area contributed by atoms with E-state index in [1.807, 2.05) is 18.2 Å².